The number of rotatable bonds is 2. The molecule has 4 N–H and O–H groups in total. The molecule has 0 saturated carbocycles. The van der Waals surface area contributed by atoms with Crippen molar-refractivity contribution >= 4 is 22.6 Å². The highest BCUT2D eigenvalue weighted by atomic mass is 127. The van der Waals surface area contributed by atoms with Crippen molar-refractivity contribution < 1.29 is 10.2 Å². The van der Waals surface area contributed by atoms with E-state index in [1.165, 1.54) is 0 Å². The van der Waals surface area contributed by atoms with Gasteiger partial charge < -0.3 is 15.9 Å². The zero-order chi connectivity index (χ0) is 11.3. The van der Waals surface area contributed by atoms with E-state index in [4.69, 9.17) is 15.9 Å². The predicted octanol–water partition coefficient (Wildman–Crippen LogP) is 0.325. The van der Waals surface area contributed by atoms with Gasteiger partial charge in [0.05, 0.1) is 13.2 Å². The van der Waals surface area contributed by atoms with E-state index in [1.807, 2.05) is 24.3 Å². The summed E-state index contributed by atoms with van der Waals surface area (Å²) in [5, 5.41) is 17.8. The maximum Gasteiger partial charge on any atom is 0.125 e. The third-order valence-corrected chi connectivity index (χ3v) is 2.58. The average Bonchev–Trinajstić information content (AvgIpc) is 2.28. The Morgan fingerprint density at radius 1 is 1.20 bits per heavy atom. The van der Waals surface area contributed by atoms with Crippen LogP contribution in [0.5, 0.6) is 0 Å². The van der Waals surface area contributed by atoms with Crippen molar-refractivity contribution in [3.63, 3.8) is 0 Å². The van der Waals surface area contributed by atoms with Crippen molar-refractivity contribution in [3.8, 4) is 11.8 Å². The third-order valence-electron chi connectivity index (χ3n) is 1.86. The van der Waals surface area contributed by atoms with Crippen LogP contribution in [0.25, 0.3) is 0 Å². The van der Waals surface area contributed by atoms with Crippen molar-refractivity contribution in [1.82, 2.24) is 0 Å². The van der Waals surface area contributed by atoms with Crippen molar-refractivity contribution in [1.29, 1.82) is 0 Å². The Morgan fingerprint density at radius 3 is 2.20 bits per heavy atom. The maximum atomic E-state index is 8.92. The number of aliphatic hydroxyl groups excluding tert-OH is 2. The minimum absolute atomic E-state index is 0.360. The Morgan fingerprint density at radius 2 is 1.73 bits per heavy atom. The van der Waals surface area contributed by atoms with Gasteiger partial charge in [0.25, 0.3) is 0 Å². The lowest BCUT2D eigenvalue weighted by Crippen LogP contribution is -2.45. The van der Waals surface area contributed by atoms with E-state index in [-0.39, 0.29) is 13.2 Å². The lowest BCUT2D eigenvalue weighted by molar-refractivity contribution is 0.158. The summed E-state index contributed by atoms with van der Waals surface area (Å²) in [6, 6.07) is 7.59. The molecule has 15 heavy (non-hydrogen) atoms. The molecular weight excluding hydrogens is 305 g/mol. The molecule has 4 heteroatoms. The first kappa shape index (κ1) is 12.5. The van der Waals surface area contributed by atoms with E-state index in [2.05, 4.69) is 34.4 Å². The smallest absolute Gasteiger partial charge is 0.125 e. The Bertz CT molecular complexity index is 374. The van der Waals surface area contributed by atoms with Crippen LogP contribution in [0.15, 0.2) is 24.3 Å². The molecule has 3 nitrogen and oxygen atoms in total. The van der Waals surface area contributed by atoms with Crippen LogP contribution in [-0.4, -0.2) is 29.0 Å². The Hall–Kier alpha value is -0.610. The second-order valence-electron chi connectivity index (χ2n) is 3.23. The van der Waals surface area contributed by atoms with Crippen LogP contribution in [0.2, 0.25) is 0 Å². The predicted molar refractivity (Wildman–Crippen MR) is 67.1 cm³/mol. The molecule has 1 aromatic rings. The molecule has 80 valence electrons. The molecule has 0 unspecified atom stereocenters. The van der Waals surface area contributed by atoms with Gasteiger partial charge in [-0.05, 0) is 46.9 Å². The minimum Gasteiger partial charge on any atom is -0.393 e. The minimum atomic E-state index is -1.22. The second kappa shape index (κ2) is 5.47. The van der Waals surface area contributed by atoms with E-state index in [0.29, 0.717) is 0 Å². The first-order valence-corrected chi connectivity index (χ1v) is 5.47. The summed E-state index contributed by atoms with van der Waals surface area (Å²) < 4.78 is 1.13. The first-order chi connectivity index (χ1) is 7.09. The van der Waals surface area contributed by atoms with Gasteiger partial charge in [0.15, 0.2) is 0 Å². The van der Waals surface area contributed by atoms with Crippen LogP contribution in [-0.2, 0) is 0 Å². The van der Waals surface area contributed by atoms with Gasteiger partial charge >= 0.3 is 0 Å². The number of hydrogen-bond acceptors (Lipinski definition) is 3. The quantitative estimate of drug-likeness (QED) is 0.544. The highest BCUT2D eigenvalue weighted by Crippen LogP contribution is 2.06. The molecule has 0 aliphatic carbocycles. The normalized spacial score (nSPS) is 10.7. The molecule has 0 saturated heterocycles. The number of halogens is 1. The summed E-state index contributed by atoms with van der Waals surface area (Å²) in [7, 11) is 0. The van der Waals surface area contributed by atoms with Crippen LogP contribution >= 0.6 is 22.6 Å². The van der Waals surface area contributed by atoms with Crippen LogP contribution in [0, 0.1) is 15.4 Å². The summed E-state index contributed by atoms with van der Waals surface area (Å²) in [4.78, 5) is 0. The monoisotopic (exact) mass is 317 g/mol. The summed E-state index contributed by atoms with van der Waals surface area (Å²) >= 11 is 2.20. The van der Waals surface area contributed by atoms with Crippen LogP contribution in [0.3, 0.4) is 0 Å². The molecule has 0 amide bonds. The zero-order valence-corrected chi connectivity index (χ0v) is 10.2. The fourth-order valence-corrected chi connectivity index (χ4v) is 1.22. The van der Waals surface area contributed by atoms with Crippen molar-refractivity contribution in [3.05, 3.63) is 33.4 Å². The molecule has 0 atom stereocenters. The van der Waals surface area contributed by atoms with Gasteiger partial charge in [0, 0.05) is 9.13 Å². The zero-order valence-electron chi connectivity index (χ0n) is 8.07. The second-order valence-corrected chi connectivity index (χ2v) is 4.47. The summed E-state index contributed by atoms with van der Waals surface area (Å²) in [6.07, 6.45) is 0. The van der Waals surface area contributed by atoms with E-state index in [9.17, 15) is 0 Å². The lowest BCUT2D eigenvalue weighted by Gasteiger charge is -2.16. The van der Waals surface area contributed by atoms with Crippen molar-refractivity contribution in [2.45, 2.75) is 5.54 Å². The van der Waals surface area contributed by atoms with E-state index in [1.54, 1.807) is 0 Å². The SMILES string of the molecule is NC(C#Cc1ccc(I)cc1)(CO)CO. The van der Waals surface area contributed by atoms with Gasteiger partial charge in [-0.2, -0.15) is 0 Å². The first-order valence-electron chi connectivity index (χ1n) is 4.39. The fraction of sp³-hybridized carbons (Fsp3) is 0.273. The molecule has 0 spiro atoms. The number of aliphatic hydroxyl groups is 2. The van der Waals surface area contributed by atoms with Gasteiger partial charge in [-0.15, -0.1) is 0 Å². The molecule has 0 fully saturated rings. The van der Waals surface area contributed by atoms with Gasteiger partial charge in [0.1, 0.15) is 5.54 Å². The Labute approximate surface area is 102 Å². The molecule has 0 radical (unpaired) electrons. The largest absolute Gasteiger partial charge is 0.393 e. The summed E-state index contributed by atoms with van der Waals surface area (Å²) in [6.45, 7) is -0.720. The number of nitrogens with two attached hydrogens (primary N) is 1. The highest BCUT2D eigenvalue weighted by molar-refractivity contribution is 14.1. The molecule has 0 heterocycles. The van der Waals surface area contributed by atoms with E-state index in [0.717, 1.165) is 9.13 Å². The molecule has 0 aliphatic heterocycles. The Kier molecular flexibility index (Phi) is 4.54. The molecule has 0 aromatic heterocycles. The molecule has 1 rings (SSSR count). The van der Waals surface area contributed by atoms with Gasteiger partial charge in [-0.25, -0.2) is 0 Å². The molecule has 1 aromatic carbocycles. The van der Waals surface area contributed by atoms with Gasteiger partial charge in [0.2, 0.25) is 0 Å². The summed E-state index contributed by atoms with van der Waals surface area (Å²) in [5.74, 6) is 5.47. The van der Waals surface area contributed by atoms with Crippen LogP contribution < -0.4 is 5.73 Å². The van der Waals surface area contributed by atoms with E-state index >= 15 is 0 Å². The topological polar surface area (TPSA) is 66.5 Å². The highest BCUT2D eigenvalue weighted by Gasteiger charge is 2.19. The van der Waals surface area contributed by atoms with Gasteiger partial charge in [-0.1, -0.05) is 11.8 Å². The Balaban J connectivity index is 2.85. The molecule has 0 bridgehead atoms. The third kappa shape index (κ3) is 3.80. The molecule has 0 aliphatic rings. The average molecular weight is 317 g/mol. The van der Waals surface area contributed by atoms with Crippen molar-refractivity contribution in [2.24, 2.45) is 5.73 Å². The van der Waals surface area contributed by atoms with Crippen molar-refractivity contribution in [2.75, 3.05) is 13.2 Å². The summed E-state index contributed by atoms with van der Waals surface area (Å²) in [5.41, 5.74) is 5.19. The lowest BCUT2D eigenvalue weighted by atomic mass is 10.0. The van der Waals surface area contributed by atoms with Gasteiger partial charge in [-0.3, -0.25) is 0 Å². The maximum absolute atomic E-state index is 8.92. The molecular formula is C11H12INO2. The van der Waals surface area contributed by atoms with Crippen LogP contribution in [0.4, 0.5) is 0 Å². The van der Waals surface area contributed by atoms with Crippen LogP contribution in [0.1, 0.15) is 5.56 Å². The number of benzene rings is 1. The van der Waals surface area contributed by atoms with E-state index < -0.39 is 5.54 Å². The fourth-order valence-electron chi connectivity index (χ4n) is 0.859. The standard InChI is InChI=1S/C11H12INO2/c12-10-3-1-9(2-4-10)5-6-11(13,7-14)8-15/h1-4,14-15H,7-8,13H2. The number of hydrogen-bond donors (Lipinski definition) is 3.